The molecule has 5 nitrogen and oxygen atoms in total. The smallest absolute Gasteiger partial charge is 0.255 e. The van der Waals surface area contributed by atoms with E-state index in [1.807, 2.05) is 60.9 Å². The molecule has 0 amide bonds. The summed E-state index contributed by atoms with van der Waals surface area (Å²) in [6.45, 7) is 4.34. The van der Waals surface area contributed by atoms with Crippen LogP contribution in [0.25, 0.3) is 27.7 Å². The zero-order valence-electron chi connectivity index (χ0n) is 16.8. The van der Waals surface area contributed by atoms with Gasteiger partial charge in [-0.15, -0.1) is 12.4 Å². The van der Waals surface area contributed by atoms with Gasteiger partial charge in [0.25, 0.3) is 5.56 Å². The highest BCUT2D eigenvalue weighted by Gasteiger charge is 2.12. The van der Waals surface area contributed by atoms with Crippen LogP contribution in [-0.2, 0) is 6.54 Å². The van der Waals surface area contributed by atoms with Gasteiger partial charge in [-0.05, 0) is 61.3 Å². The van der Waals surface area contributed by atoms with E-state index in [1.165, 1.54) is 25.9 Å². The second-order valence-electron chi connectivity index (χ2n) is 7.65. The molecule has 5 rings (SSSR count). The van der Waals surface area contributed by atoms with E-state index in [4.69, 9.17) is 0 Å². The summed E-state index contributed by atoms with van der Waals surface area (Å²) in [4.78, 5) is 15.2. The number of nitrogens with zero attached hydrogens (tertiary/aromatic N) is 4. The van der Waals surface area contributed by atoms with E-state index < -0.39 is 0 Å². The summed E-state index contributed by atoms with van der Waals surface area (Å²) in [7, 11) is 0. The van der Waals surface area contributed by atoms with Crippen molar-refractivity contribution in [1.82, 2.24) is 19.2 Å². The fourth-order valence-corrected chi connectivity index (χ4v) is 4.15. The quantitative estimate of drug-likeness (QED) is 0.481. The predicted octanol–water partition coefficient (Wildman–Crippen LogP) is 4.37. The van der Waals surface area contributed by atoms with Crippen molar-refractivity contribution in [1.29, 1.82) is 0 Å². The summed E-state index contributed by atoms with van der Waals surface area (Å²) in [6, 6.07) is 19.8. The summed E-state index contributed by atoms with van der Waals surface area (Å²) in [5.74, 6) is 0. The van der Waals surface area contributed by atoms with Crippen LogP contribution in [-0.4, -0.2) is 38.9 Å². The van der Waals surface area contributed by atoms with Gasteiger partial charge in [-0.3, -0.25) is 14.0 Å². The highest BCUT2D eigenvalue weighted by Crippen LogP contribution is 2.20. The molecule has 1 fully saturated rings. The van der Waals surface area contributed by atoms with Gasteiger partial charge >= 0.3 is 0 Å². The summed E-state index contributed by atoms with van der Waals surface area (Å²) >= 11 is 0. The molecule has 1 saturated heterocycles. The molecule has 1 aliphatic rings. The average Bonchev–Trinajstić information content (AvgIpc) is 3.42. The van der Waals surface area contributed by atoms with Crippen molar-refractivity contribution in [2.45, 2.75) is 19.4 Å². The summed E-state index contributed by atoms with van der Waals surface area (Å²) in [5.41, 5.74) is 3.92. The normalized spacial score (nSPS) is 14.1. The summed E-state index contributed by atoms with van der Waals surface area (Å²) in [5, 5.41) is 5.63. The summed E-state index contributed by atoms with van der Waals surface area (Å²) < 4.78 is 3.76. The Kier molecular flexibility index (Phi) is 6.02. The lowest BCUT2D eigenvalue weighted by molar-refractivity contribution is 0.318. The van der Waals surface area contributed by atoms with Crippen LogP contribution in [0, 0.1) is 0 Å². The predicted molar refractivity (Wildman–Crippen MR) is 124 cm³/mol. The standard InChI is InChI=1S/C24H24N4O.ClH/c29-24-17-20(19-6-2-1-3-7-19)10-13-27(24)22-8-9-23-21(16-22)18-25-28(23)15-14-26-11-4-5-12-26;/h1-3,6-10,13,16-18H,4-5,11-12,14-15H2;1H. The fraction of sp³-hybridized carbons (Fsp3) is 0.250. The monoisotopic (exact) mass is 420 g/mol. The molecule has 2 aromatic heterocycles. The van der Waals surface area contributed by atoms with Crippen molar-refractivity contribution in [2.75, 3.05) is 19.6 Å². The molecule has 6 heteroatoms. The van der Waals surface area contributed by atoms with Crippen molar-refractivity contribution in [3.05, 3.63) is 83.4 Å². The summed E-state index contributed by atoms with van der Waals surface area (Å²) in [6.07, 6.45) is 6.36. The van der Waals surface area contributed by atoms with Crippen LogP contribution in [0.4, 0.5) is 0 Å². The van der Waals surface area contributed by atoms with E-state index >= 15 is 0 Å². The Morgan fingerprint density at radius 1 is 0.867 bits per heavy atom. The SMILES string of the molecule is Cl.O=c1cc(-c2ccccc2)ccn1-c1ccc2c(cnn2CCN2CCCC2)c1. The lowest BCUT2D eigenvalue weighted by atomic mass is 10.1. The number of benzene rings is 2. The van der Waals surface area contributed by atoms with Crippen LogP contribution in [0.3, 0.4) is 0 Å². The van der Waals surface area contributed by atoms with E-state index in [2.05, 4.69) is 20.7 Å². The Bertz CT molecular complexity index is 1190. The number of hydrogen-bond acceptors (Lipinski definition) is 3. The number of aromatic nitrogens is 3. The maximum atomic E-state index is 12.7. The molecule has 1 aliphatic heterocycles. The highest BCUT2D eigenvalue weighted by molar-refractivity contribution is 5.85. The average molecular weight is 421 g/mol. The molecule has 4 aromatic rings. The topological polar surface area (TPSA) is 43.1 Å². The lowest BCUT2D eigenvalue weighted by Gasteiger charge is -2.14. The van der Waals surface area contributed by atoms with Crippen molar-refractivity contribution >= 4 is 23.3 Å². The van der Waals surface area contributed by atoms with Crippen molar-refractivity contribution in [2.24, 2.45) is 0 Å². The second kappa shape index (κ2) is 8.86. The number of hydrogen-bond donors (Lipinski definition) is 0. The van der Waals surface area contributed by atoms with Crippen molar-refractivity contribution < 1.29 is 0 Å². The van der Waals surface area contributed by atoms with Crippen LogP contribution in [0.2, 0.25) is 0 Å². The Morgan fingerprint density at radius 2 is 1.67 bits per heavy atom. The van der Waals surface area contributed by atoms with Crippen molar-refractivity contribution in [3.8, 4) is 16.8 Å². The molecular weight excluding hydrogens is 396 g/mol. The molecule has 0 N–H and O–H groups in total. The largest absolute Gasteiger partial charge is 0.301 e. The Labute approximate surface area is 182 Å². The molecule has 0 spiro atoms. The zero-order chi connectivity index (χ0) is 19.6. The molecule has 0 unspecified atom stereocenters. The minimum absolute atomic E-state index is 0. The third kappa shape index (κ3) is 4.04. The van der Waals surface area contributed by atoms with Gasteiger partial charge in [0.2, 0.25) is 0 Å². The van der Waals surface area contributed by atoms with Crippen LogP contribution in [0.5, 0.6) is 0 Å². The maximum absolute atomic E-state index is 12.7. The van der Waals surface area contributed by atoms with Gasteiger partial charge in [-0.25, -0.2) is 0 Å². The zero-order valence-corrected chi connectivity index (χ0v) is 17.6. The minimum atomic E-state index is -0.0351. The van der Waals surface area contributed by atoms with Gasteiger partial charge in [-0.2, -0.15) is 5.10 Å². The molecule has 2 aromatic carbocycles. The van der Waals surface area contributed by atoms with Gasteiger partial charge in [-0.1, -0.05) is 30.3 Å². The Balaban J connectivity index is 0.00000218. The van der Waals surface area contributed by atoms with Crippen LogP contribution in [0.1, 0.15) is 12.8 Å². The van der Waals surface area contributed by atoms with Gasteiger partial charge in [0, 0.05) is 29.9 Å². The number of fused-ring (bicyclic) bond motifs is 1. The molecule has 0 aliphatic carbocycles. The number of rotatable bonds is 5. The highest BCUT2D eigenvalue weighted by atomic mass is 35.5. The first-order valence-corrected chi connectivity index (χ1v) is 10.2. The molecule has 0 atom stereocenters. The van der Waals surface area contributed by atoms with Gasteiger partial charge in [0.1, 0.15) is 0 Å². The number of pyridine rings is 1. The molecular formula is C24H25ClN4O. The second-order valence-corrected chi connectivity index (χ2v) is 7.65. The van der Waals surface area contributed by atoms with E-state index in [0.29, 0.717) is 0 Å². The fourth-order valence-electron chi connectivity index (χ4n) is 4.15. The molecule has 30 heavy (non-hydrogen) atoms. The third-order valence-corrected chi connectivity index (χ3v) is 5.76. The molecule has 0 saturated carbocycles. The molecule has 0 radical (unpaired) electrons. The Morgan fingerprint density at radius 3 is 2.43 bits per heavy atom. The van der Waals surface area contributed by atoms with Crippen LogP contribution >= 0.6 is 12.4 Å². The first-order valence-electron chi connectivity index (χ1n) is 10.2. The van der Waals surface area contributed by atoms with Gasteiger partial charge < -0.3 is 4.90 Å². The van der Waals surface area contributed by atoms with E-state index in [1.54, 1.807) is 10.6 Å². The van der Waals surface area contributed by atoms with Gasteiger partial charge in [0.15, 0.2) is 0 Å². The lowest BCUT2D eigenvalue weighted by Crippen LogP contribution is -2.24. The van der Waals surface area contributed by atoms with Crippen LogP contribution in [0.15, 0.2) is 77.9 Å². The molecule has 3 heterocycles. The van der Waals surface area contributed by atoms with Crippen LogP contribution < -0.4 is 5.56 Å². The number of halogens is 1. The van der Waals surface area contributed by atoms with Gasteiger partial charge in [0.05, 0.1) is 18.3 Å². The first-order chi connectivity index (χ1) is 14.3. The van der Waals surface area contributed by atoms with E-state index in [9.17, 15) is 4.79 Å². The maximum Gasteiger partial charge on any atom is 0.255 e. The van der Waals surface area contributed by atoms with E-state index in [0.717, 1.165) is 40.8 Å². The minimum Gasteiger partial charge on any atom is -0.301 e. The van der Waals surface area contributed by atoms with Crippen molar-refractivity contribution in [3.63, 3.8) is 0 Å². The Hall–Kier alpha value is -2.89. The third-order valence-electron chi connectivity index (χ3n) is 5.76. The van der Waals surface area contributed by atoms with E-state index in [-0.39, 0.29) is 18.0 Å². The number of likely N-dealkylation sites (tertiary alicyclic amines) is 1. The first kappa shape index (κ1) is 20.4. The molecule has 154 valence electrons. The molecule has 0 bridgehead atoms.